The lowest BCUT2D eigenvalue weighted by Gasteiger charge is -2.31. The average molecular weight is 235 g/mol. The largest absolute Gasteiger partial charge is 0.393 e. The van der Waals surface area contributed by atoms with Gasteiger partial charge in [-0.05, 0) is 25.0 Å². The number of anilines is 1. The summed E-state index contributed by atoms with van der Waals surface area (Å²) in [5.74, 6) is -0.177. The topological polar surface area (TPSA) is 65.5 Å². The third-order valence-electron chi connectivity index (χ3n) is 3.03. The zero-order valence-electron chi connectivity index (χ0n) is 9.89. The molecule has 2 N–H and O–H groups in total. The molecule has 1 saturated heterocycles. The molecule has 0 unspecified atom stereocenters. The van der Waals surface area contributed by atoms with E-state index in [2.05, 4.69) is 15.2 Å². The monoisotopic (exact) mass is 235 g/mol. The van der Waals surface area contributed by atoms with Crippen LogP contribution >= 0.6 is 0 Å². The second-order valence-electron chi connectivity index (χ2n) is 4.20. The van der Waals surface area contributed by atoms with Gasteiger partial charge < -0.3 is 15.3 Å². The number of hydrogen-bond donors (Lipinski definition) is 2. The van der Waals surface area contributed by atoms with E-state index in [4.69, 9.17) is 0 Å². The highest BCUT2D eigenvalue weighted by molar-refractivity contribution is 5.92. The lowest BCUT2D eigenvalue weighted by Crippen LogP contribution is -2.36. The molecule has 0 atom stereocenters. The van der Waals surface area contributed by atoms with Crippen LogP contribution in [-0.4, -0.2) is 42.2 Å². The van der Waals surface area contributed by atoms with Gasteiger partial charge in [-0.3, -0.25) is 9.78 Å². The van der Waals surface area contributed by atoms with Crippen molar-refractivity contribution in [2.75, 3.05) is 25.0 Å². The summed E-state index contributed by atoms with van der Waals surface area (Å²) in [5, 5.41) is 12.0. The van der Waals surface area contributed by atoms with Crippen molar-refractivity contribution in [1.29, 1.82) is 0 Å². The minimum Gasteiger partial charge on any atom is -0.393 e. The molecule has 5 heteroatoms. The minimum absolute atomic E-state index is 0.177. The van der Waals surface area contributed by atoms with Crippen molar-refractivity contribution in [3.05, 3.63) is 24.0 Å². The third kappa shape index (κ3) is 2.74. The second-order valence-corrected chi connectivity index (χ2v) is 4.20. The Labute approximate surface area is 100 Å². The van der Waals surface area contributed by atoms with E-state index in [0.717, 1.165) is 31.6 Å². The Hall–Kier alpha value is -1.62. The zero-order valence-corrected chi connectivity index (χ0v) is 9.89. The van der Waals surface area contributed by atoms with E-state index in [-0.39, 0.29) is 12.0 Å². The molecule has 1 amide bonds. The van der Waals surface area contributed by atoms with Crippen molar-refractivity contribution in [3.8, 4) is 0 Å². The van der Waals surface area contributed by atoms with Gasteiger partial charge in [0.2, 0.25) is 0 Å². The fraction of sp³-hybridized carbons (Fsp3) is 0.500. The highest BCUT2D eigenvalue weighted by Crippen LogP contribution is 2.20. The molecular formula is C12H17N3O2. The Balaban J connectivity index is 2.13. The number of piperidine rings is 1. The molecule has 5 nitrogen and oxygen atoms in total. The van der Waals surface area contributed by atoms with E-state index in [9.17, 15) is 9.90 Å². The fourth-order valence-electron chi connectivity index (χ4n) is 1.99. The molecule has 2 rings (SSSR count). The van der Waals surface area contributed by atoms with E-state index < -0.39 is 0 Å². The Morgan fingerprint density at radius 1 is 1.53 bits per heavy atom. The molecule has 2 heterocycles. The van der Waals surface area contributed by atoms with E-state index in [1.807, 2.05) is 6.07 Å². The molecule has 0 aliphatic carbocycles. The van der Waals surface area contributed by atoms with Gasteiger partial charge in [0.1, 0.15) is 5.69 Å². The van der Waals surface area contributed by atoms with Crippen LogP contribution < -0.4 is 10.2 Å². The predicted octanol–water partition coefficient (Wildman–Crippen LogP) is 0.402. The maximum absolute atomic E-state index is 11.5. The fourth-order valence-corrected chi connectivity index (χ4v) is 1.99. The molecule has 0 radical (unpaired) electrons. The molecule has 1 aromatic rings. The number of nitrogens with one attached hydrogen (secondary N) is 1. The standard InChI is InChI=1S/C12H17N3O2/c1-13-12(17)11-8-9(2-5-14-11)15-6-3-10(16)4-7-15/h2,5,8,10,16H,3-4,6-7H2,1H3,(H,13,17). The summed E-state index contributed by atoms with van der Waals surface area (Å²) in [7, 11) is 1.59. The lowest BCUT2D eigenvalue weighted by molar-refractivity contribution is 0.0958. The number of hydrogen-bond acceptors (Lipinski definition) is 4. The second kappa shape index (κ2) is 5.14. The van der Waals surface area contributed by atoms with Crippen LogP contribution in [0.25, 0.3) is 0 Å². The maximum atomic E-state index is 11.5. The zero-order chi connectivity index (χ0) is 12.3. The summed E-state index contributed by atoms with van der Waals surface area (Å²) in [4.78, 5) is 17.7. The number of carbonyl (C=O) groups is 1. The van der Waals surface area contributed by atoms with Crippen LogP contribution in [0.5, 0.6) is 0 Å². The van der Waals surface area contributed by atoms with Gasteiger partial charge in [-0.15, -0.1) is 0 Å². The summed E-state index contributed by atoms with van der Waals surface area (Å²) in [6.07, 6.45) is 3.01. The van der Waals surface area contributed by atoms with Crippen LogP contribution in [0.2, 0.25) is 0 Å². The molecule has 1 fully saturated rings. The van der Waals surface area contributed by atoms with Crippen LogP contribution in [0.15, 0.2) is 18.3 Å². The molecule has 0 saturated carbocycles. The van der Waals surface area contributed by atoms with Crippen molar-refractivity contribution in [1.82, 2.24) is 10.3 Å². The van der Waals surface area contributed by atoms with Gasteiger partial charge in [0.25, 0.3) is 5.91 Å². The SMILES string of the molecule is CNC(=O)c1cc(N2CCC(O)CC2)ccn1. The molecule has 1 aliphatic heterocycles. The molecule has 0 spiro atoms. The smallest absolute Gasteiger partial charge is 0.269 e. The number of aliphatic hydroxyl groups is 1. The normalized spacial score (nSPS) is 16.9. The number of aliphatic hydroxyl groups excluding tert-OH is 1. The summed E-state index contributed by atoms with van der Waals surface area (Å²) in [6.45, 7) is 1.64. The number of carbonyl (C=O) groups excluding carboxylic acids is 1. The molecule has 92 valence electrons. The third-order valence-corrected chi connectivity index (χ3v) is 3.03. The van der Waals surface area contributed by atoms with E-state index in [0.29, 0.717) is 5.69 Å². The first-order chi connectivity index (χ1) is 8.20. The molecule has 0 bridgehead atoms. The molecule has 17 heavy (non-hydrogen) atoms. The lowest BCUT2D eigenvalue weighted by atomic mass is 10.1. The number of aromatic nitrogens is 1. The van der Waals surface area contributed by atoms with Gasteiger partial charge in [0.15, 0.2) is 0 Å². The van der Waals surface area contributed by atoms with E-state index in [1.54, 1.807) is 19.3 Å². The van der Waals surface area contributed by atoms with Crippen molar-refractivity contribution >= 4 is 11.6 Å². The summed E-state index contributed by atoms with van der Waals surface area (Å²) < 4.78 is 0. The first-order valence-corrected chi connectivity index (χ1v) is 5.82. The van der Waals surface area contributed by atoms with Gasteiger partial charge in [-0.2, -0.15) is 0 Å². The molecular weight excluding hydrogens is 218 g/mol. The number of nitrogens with zero attached hydrogens (tertiary/aromatic N) is 2. The van der Waals surface area contributed by atoms with Crippen molar-refractivity contribution in [3.63, 3.8) is 0 Å². The molecule has 1 aliphatic rings. The van der Waals surface area contributed by atoms with Crippen LogP contribution in [0.3, 0.4) is 0 Å². The van der Waals surface area contributed by atoms with Crippen LogP contribution in [0.1, 0.15) is 23.3 Å². The van der Waals surface area contributed by atoms with E-state index in [1.165, 1.54) is 0 Å². The van der Waals surface area contributed by atoms with Crippen LogP contribution in [0.4, 0.5) is 5.69 Å². The van der Waals surface area contributed by atoms with Crippen molar-refractivity contribution < 1.29 is 9.90 Å². The summed E-state index contributed by atoms with van der Waals surface area (Å²) >= 11 is 0. The van der Waals surface area contributed by atoms with Crippen LogP contribution in [-0.2, 0) is 0 Å². The van der Waals surface area contributed by atoms with E-state index >= 15 is 0 Å². The Bertz CT molecular complexity index is 400. The number of amides is 1. The van der Waals surface area contributed by atoms with Gasteiger partial charge in [0.05, 0.1) is 6.10 Å². The average Bonchev–Trinajstić information content (AvgIpc) is 2.39. The van der Waals surface area contributed by atoms with Crippen LogP contribution in [0, 0.1) is 0 Å². The highest BCUT2D eigenvalue weighted by Gasteiger charge is 2.18. The first kappa shape index (κ1) is 11.9. The van der Waals surface area contributed by atoms with Gasteiger partial charge >= 0.3 is 0 Å². The van der Waals surface area contributed by atoms with Gasteiger partial charge in [0, 0.05) is 32.0 Å². The van der Waals surface area contributed by atoms with Gasteiger partial charge in [-0.1, -0.05) is 0 Å². The van der Waals surface area contributed by atoms with Crippen molar-refractivity contribution in [2.24, 2.45) is 0 Å². The predicted molar refractivity (Wildman–Crippen MR) is 65.1 cm³/mol. The van der Waals surface area contributed by atoms with Crippen molar-refractivity contribution in [2.45, 2.75) is 18.9 Å². The minimum atomic E-state index is -0.188. The summed E-state index contributed by atoms with van der Waals surface area (Å²) in [6, 6.07) is 3.68. The number of rotatable bonds is 2. The quantitative estimate of drug-likeness (QED) is 0.779. The number of pyridine rings is 1. The first-order valence-electron chi connectivity index (χ1n) is 5.82. The Morgan fingerprint density at radius 3 is 2.88 bits per heavy atom. The summed E-state index contributed by atoms with van der Waals surface area (Å²) in [5.41, 5.74) is 1.42. The maximum Gasteiger partial charge on any atom is 0.269 e. The molecule has 0 aromatic carbocycles. The van der Waals surface area contributed by atoms with Gasteiger partial charge in [-0.25, -0.2) is 0 Å². The molecule has 1 aromatic heterocycles. The highest BCUT2D eigenvalue weighted by atomic mass is 16.3. The Kier molecular flexibility index (Phi) is 3.58. The Morgan fingerprint density at radius 2 is 2.24 bits per heavy atom.